The lowest BCUT2D eigenvalue weighted by molar-refractivity contribution is -0.139. The van der Waals surface area contributed by atoms with Crippen LogP contribution in [0.3, 0.4) is 0 Å². The van der Waals surface area contributed by atoms with Crippen LogP contribution in [0, 0.1) is 0 Å². The molecule has 7 heteroatoms. The smallest absolute Gasteiger partial charge is 0.407 e. The SMILES string of the molecule is Cn1ccc2cc(CC[C@H](NC(=O)OCC3c4ccccc4-c4ccccc43)C(=O)O)cc(Cl)c21. The summed E-state index contributed by atoms with van der Waals surface area (Å²) < 4.78 is 7.46. The van der Waals surface area contributed by atoms with Crippen LogP contribution in [0.5, 0.6) is 0 Å². The summed E-state index contributed by atoms with van der Waals surface area (Å²) in [5.41, 5.74) is 6.31. The molecule has 0 unspecified atom stereocenters. The molecule has 1 aromatic heterocycles. The summed E-state index contributed by atoms with van der Waals surface area (Å²) in [6.07, 6.45) is 1.86. The van der Waals surface area contributed by atoms with Crippen molar-refractivity contribution in [3.05, 3.63) is 94.6 Å². The standard InChI is InChI=1S/C28H25ClN2O4/c1-31-13-12-18-14-17(15-24(29)26(18)31)10-11-25(27(32)33)30-28(34)35-16-23-21-8-4-2-6-19(21)20-7-3-5-9-22(20)23/h2-9,12-15,23,25H,10-11,16H2,1H3,(H,30,34)(H,32,33)/t25-/m0/s1. The molecule has 1 aliphatic rings. The molecule has 3 aromatic carbocycles. The van der Waals surface area contributed by atoms with Crippen molar-refractivity contribution in [1.82, 2.24) is 9.88 Å². The Morgan fingerprint density at radius 1 is 1.06 bits per heavy atom. The molecule has 2 N–H and O–H groups in total. The number of fused-ring (bicyclic) bond motifs is 4. The number of carboxylic acids is 1. The van der Waals surface area contributed by atoms with Crippen LogP contribution < -0.4 is 5.32 Å². The maximum atomic E-state index is 12.6. The first-order valence-corrected chi connectivity index (χ1v) is 11.9. The first kappa shape index (κ1) is 23.0. The highest BCUT2D eigenvalue weighted by molar-refractivity contribution is 6.35. The van der Waals surface area contributed by atoms with Crippen LogP contribution in [-0.4, -0.2) is 34.4 Å². The van der Waals surface area contributed by atoms with E-state index < -0.39 is 18.1 Å². The van der Waals surface area contributed by atoms with Crippen LogP contribution in [0.1, 0.15) is 29.0 Å². The Balaban J connectivity index is 1.23. The largest absolute Gasteiger partial charge is 0.480 e. The third-order valence-electron chi connectivity index (χ3n) is 6.64. The molecule has 0 fully saturated rings. The molecule has 0 spiro atoms. The first-order valence-electron chi connectivity index (χ1n) is 11.5. The van der Waals surface area contributed by atoms with Gasteiger partial charge >= 0.3 is 12.1 Å². The third-order valence-corrected chi connectivity index (χ3v) is 6.93. The van der Waals surface area contributed by atoms with Crippen molar-refractivity contribution in [2.45, 2.75) is 24.8 Å². The van der Waals surface area contributed by atoms with E-state index >= 15 is 0 Å². The van der Waals surface area contributed by atoms with E-state index in [0.29, 0.717) is 11.4 Å². The van der Waals surface area contributed by atoms with Gasteiger partial charge in [0.05, 0.1) is 10.5 Å². The van der Waals surface area contributed by atoms with Crippen LogP contribution in [0.2, 0.25) is 5.02 Å². The molecule has 1 atom stereocenters. The van der Waals surface area contributed by atoms with E-state index in [1.54, 1.807) is 0 Å². The second-order valence-corrected chi connectivity index (χ2v) is 9.25. The Kier molecular flexibility index (Phi) is 6.22. The fourth-order valence-electron chi connectivity index (χ4n) is 4.94. The van der Waals surface area contributed by atoms with Gasteiger partial charge in [0.2, 0.25) is 0 Å². The predicted molar refractivity (Wildman–Crippen MR) is 136 cm³/mol. The molecule has 1 aliphatic carbocycles. The number of nitrogens with one attached hydrogen (secondary N) is 1. The van der Waals surface area contributed by atoms with Crippen molar-refractivity contribution in [2.24, 2.45) is 7.05 Å². The molecule has 0 aliphatic heterocycles. The fourth-order valence-corrected chi connectivity index (χ4v) is 5.32. The molecule has 0 bridgehead atoms. The molecule has 4 aromatic rings. The second kappa shape index (κ2) is 9.47. The molecule has 0 radical (unpaired) electrons. The number of hydrogen-bond donors (Lipinski definition) is 2. The highest BCUT2D eigenvalue weighted by Crippen LogP contribution is 2.44. The van der Waals surface area contributed by atoms with E-state index in [1.165, 1.54) is 0 Å². The summed E-state index contributed by atoms with van der Waals surface area (Å²) in [6, 6.07) is 20.9. The molecule has 6 nitrogen and oxygen atoms in total. The average Bonchev–Trinajstić information content (AvgIpc) is 3.38. The summed E-state index contributed by atoms with van der Waals surface area (Å²) in [7, 11) is 1.92. The number of nitrogens with zero attached hydrogens (tertiary/aromatic N) is 1. The Hall–Kier alpha value is -3.77. The van der Waals surface area contributed by atoms with Gasteiger partial charge in [-0.2, -0.15) is 0 Å². The molecule has 1 heterocycles. The Bertz CT molecular complexity index is 1380. The number of aryl methyl sites for hydroxylation is 2. The monoisotopic (exact) mass is 488 g/mol. The topological polar surface area (TPSA) is 80.6 Å². The van der Waals surface area contributed by atoms with E-state index in [0.717, 1.165) is 38.7 Å². The lowest BCUT2D eigenvalue weighted by Crippen LogP contribution is -2.41. The summed E-state index contributed by atoms with van der Waals surface area (Å²) in [5.74, 6) is -1.19. The van der Waals surface area contributed by atoms with Crippen LogP contribution in [0.4, 0.5) is 4.79 Å². The third kappa shape index (κ3) is 4.49. The number of carbonyl (C=O) groups is 2. The lowest BCUT2D eigenvalue weighted by Gasteiger charge is -2.17. The number of alkyl carbamates (subject to hydrolysis) is 1. The minimum Gasteiger partial charge on any atom is -0.480 e. The molecular weight excluding hydrogens is 464 g/mol. The number of aromatic nitrogens is 1. The number of hydrogen-bond acceptors (Lipinski definition) is 3. The zero-order valence-corrected chi connectivity index (χ0v) is 20.0. The van der Waals surface area contributed by atoms with Crippen LogP contribution in [0.25, 0.3) is 22.0 Å². The van der Waals surface area contributed by atoms with Crippen molar-refractivity contribution in [3.63, 3.8) is 0 Å². The average molecular weight is 489 g/mol. The number of rotatable bonds is 7. The van der Waals surface area contributed by atoms with Gasteiger partial charge in [0.25, 0.3) is 0 Å². The zero-order valence-electron chi connectivity index (χ0n) is 19.2. The molecular formula is C28H25ClN2O4. The highest BCUT2D eigenvalue weighted by atomic mass is 35.5. The van der Waals surface area contributed by atoms with Crippen molar-refractivity contribution in [3.8, 4) is 11.1 Å². The van der Waals surface area contributed by atoms with Crippen molar-refractivity contribution in [1.29, 1.82) is 0 Å². The van der Waals surface area contributed by atoms with E-state index in [9.17, 15) is 14.7 Å². The summed E-state index contributed by atoms with van der Waals surface area (Å²) >= 11 is 6.42. The van der Waals surface area contributed by atoms with Gasteiger partial charge in [0.15, 0.2) is 0 Å². The van der Waals surface area contributed by atoms with Gasteiger partial charge in [-0.3, -0.25) is 0 Å². The quantitative estimate of drug-likeness (QED) is 0.347. The van der Waals surface area contributed by atoms with Gasteiger partial charge in [0, 0.05) is 24.5 Å². The van der Waals surface area contributed by atoms with Gasteiger partial charge in [0.1, 0.15) is 12.6 Å². The van der Waals surface area contributed by atoms with Crippen molar-refractivity contribution < 1.29 is 19.4 Å². The Labute approximate surface area is 208 Å². The maximum absolute atomic E-state index is 12.6. The van der Waals surface area contributed by atoms with Gasteiger partial charge in [-0.1, -0.05) is 60.1 Å². The summed E-state index contributed by atoms with van der Waals surface area (Å²) in [5, 5.41) is 13.8. The molecule has 35 heavy (non-hydrogen) atoms. The number of carboxylic acid groups (broad SMARTS) is 1. The Morgan fingerprint density at radius 2 is 1.71 bits per heavy atom. The van der Waals surface area contributed by atoms with Crippen LogP contribution in [0.15, 0.2) is 72.9 Å². The van der Waals surface area contributed by atoms with Crippen molar-refractivity contribution in [2.75, 3.05) is 6.61 Å². The van der Waals surface area contributed by atoms with Gasteiger partial charge in [-0.25, -0.2) is 9.59 Å². The lowest BCUT2D eigenvalue weighted by atomic mass is 9.98. The van der Waals surface area contributed by atoms with E-state index in [-0.39, 0.29) is 18.9 Å². The molecule has 0 saturated carbocycles. The summed E-state index contributed by atoms with van der Waals surface area (Å²) in [4.78, 5) is 24.4. The maximum Gasteiger partial charge on any atom is 0.407 e. The highest BCUT2D eigenvalue weighted by Gasteiger charge is 2.29. The Morgan fingerprint density at radius 3 is 2.37 bits per heavy atom. The minimum atomic E-state index is -1.11. The van der Waals surface area contributed by atoms with Gasteiger partial charge in [-0.05, 0) is 58.9 Å². The molecule has 178 valence electrons. The second-order valence-electron chi connectivity index (χ2n) is 8.84. The first-order chi connectivity index (χ1) is 16.9. The zero-order chi connectivity index (χ0) is 24.5. The minimum absolute atomic E-state index is 0.0869. The van der Waals surface area contributed by atoms with E-state index in [2.05, 4.69) is 17.4 Å². The van der Waals surface area contributed by atoms with Crippen LogP contribution >= 0.6 is 11.6 Å². The van der Waals surface area contributed by atoms with Gasteiger partial charge in [-0.15, -0.1) is 0 Å². The number of amides is 1. The number of aliphatic carboxylic acids is 1. The number of carbonyl (C=O) groups excluding carboxylic acids is 1. The molecule has 5 rings (SSSR count). The number of halogens is 1. The normalized spacial score (nSPS) is 13.3. The fraction of sp³-hybridized carbons (Fsp3) is 0.214. The molecule has 1 amide bonds. The van der Waals surface area contributed by atoms with E-state index in [1.807, 2.05) is 72.4 Å². The predicted octanol–water partition coefficient (Wildman–Crippen LogP) is 5.76. The van der Waals surface area contributed by atoms with Crippen molar-refractivity contribution >= 4 is 34.6 Å². The van der Waals surface area contributed by atoms with Gasteiger partial charge < -0.3 is 19.7 Å². The van der Waals surface area contributed by atoms with E-state index in [4.69, 9.17) is 16.3 Å². The number of ether oxygens (including phenoxy) is 1. The number of benzene rings is 3. The van der Waals surface area contributed by atoms with Crippen LogP contribution in [-0.2, 0) is 23.0 Å². The summed E-state index contributed by atoms with van der Waals surface area (Å²) in [6.45, 7) is 0.131. The molecule has 0 saturated heterocycles.